The Kier molecular flexibility index (Phi) is 44.8. The number of esters is 2. The Morgan fingerprint density at radius 3 is 1.33 bits per heavy atom. The summed E-state index contributed by atoms with van der Waals surface area (Å²) in [5.41, 5.74) is 0. The molecule has 0 bridgehead atoms. The first-order chi connectivity index (χ1) is 31.1. The van der Waals surface area contributed by atoms with Crippen molar-refractivity contribution in [3.63, 3.8) is 0 Å². The molecule has 0 saturated heterocycles. The van der Waals surface area contributed by atoms with Crippen LogP contribution in [0.15, 0.2) is 48.6 Å². The average molecular weight is 903 g/mol. The van der Waals surface area contributed by atoms with Crippen LogP contribution in [-0.4, -0.2) is 87.4 Å². The van der Waals surface area contributed by atoms with E-state index in [1.54, 1.807) is 0 Å². The minimum Gasteiger partial charge on any atom is -0.477 e. The highest BCUT2D eigenvalue weighted by Gasteiger charge is 2.25. The number of likely N-dealkylation sites (N-methyl/N-ethyl adjacent to an activating group) is 1. The highest BCUT2D eigenvalue weighted by atomic mass is 16.7. The minimum atomic E-state index is -1.51. The third-order valence-electron chi connectivity index (χ3n) is 11.3. The van der Waals surface area contributed by atoms with E-state index in [4.69, 9.17) is 18.9 Å². The SMILES string of the molecule is CC/C=C\C/C=C\C/C=C\C/C=C\CCCCCCCCCCCCCCCCCCCCC(=O)OC(COC(=O)CCCCCCCCCC)COC(OCC[N+](C)(C)C)C(=O)O. The quantitative estimate of drug-likeness (QED) is 0.0211. The van der Waals surface area contributed by atoms with Crippen LogP contribution in [0.1, 0.15) is 226 Å². The average Bonchev–Trinajstić information content (AvgIpc) is 3.26. The smallest absolute Gasteiger partial charge is 0.361 e. The molecule has 64 heavy (non-hydrogen) atoms. The van der Waals surface area contributed by atoms with E-state index in [0.717, 1.165) is 64.2 Å². The molecule has 0 amide bonds. The van der Waals surface area contributed by atoms with Gasteiger partial charge < -0.3 is 28.5 Å². The van der Waals surface area contributed by atoms with Crippen LogP contribution in [0, 0.1) is 0 Å². The second-order valence-electron chi connectivity index (χ2n) is 18.8. The lowest BCUT2D eigenvalue weighted by Crippen LogP contribution is -2.40. The van der Waals surface area contributed by atoms with Gasteiger partial charge in [0.05, 0.1) is 34.4 Å². The van der Waals surface area contributed by atoms with E-state index in [2.05, 4.69) is 62.5 Å². The zero-order valence-electron chi connectivity index (χ0n) is 42.2. The van der Waals surface area contributed by atoms with Crippen molar-refractivity contribution in [2.75, 3.05) is 47.5 Å². The molecule has 0 aromatic rings. The van der Waals surface area contributed by atoms with Crippen LogP contribution in [0.25, 0.3) is 0 Å². The van der Waals surface area contributed by atoms with Crippen LogP contribution < -0.4 is 0 Å². The van der Waals surface area contributed by atoms with Gasteiger partial charge in [0.15, 0.2) is 6.10 Å². The number of carbonyl (C=O) groups excluding carboxylic acids is 2. The fourth-order valence-electron chi connectivity index (χ4n) is 7.30. The summed E-state index contributed by atoms with van der Waals surface area (Å²) in [5.74, 6) is -2.00. The van der Waals surface area contributed by atoms with E-state index in [9.17, 15) is 19.5 Å². The van der Waals surface area contributed by atoms with Crippen LogP contribution in [0.4, 0.5) is 0 Å². The van der Waals surface area contributed by atoms with Gasteiger partial charge in [-0.15, -0.1) is 0 Å². The second-order valence-corrected chi connectivity index (χ2v) is 18.8. The molecule has 9 heteroatoms. The number of ether oxygens (including phenoxy) is 4. The van der Waals surface area contributed by atoms with Crippen LogP contribution in [0.3, 0.4) is 0 Å². The molecule has 0 aromatic carbocycles. The Bertz CT molecular complexity index is 1190. The summed E-state index contributed by atoms with van der Waals surface area (Å²) in [7, 11) is 5.96. The van der Waals surface area contributed by atoms with E-state index < -0.39 is 24.3 Å². The minimum absolute atomic E-state index is 0.179. The first-order valence-electron chi connectivity index (χ1n) is 26.3. The molecule has 0 aliphatic rings. The molecule has 0 spiro atoms. The first kappa shape index (κ1) is 61.2. The van der Waals surface area contributed by atoms with Gasteiger partial charge in [-0.1, -0.05) is 210 Å². The molecule has 372 valence electrons. The zero-order valence-corrected chi connectivity index (χ0v) is 42.2. The lowest BCUT2D eigenvalue weighted by Gasteiger charge is -2.25. The van der Waals surface area contributed by atoms with Gasteiger partial charge in [-0.25, -0.2) is 4.79 Å². The number of carboxylic acid groups (broad SMARTS) is 1. The van der Waals surface area contributed by atoms with Gasteiger partial charge in [-0.05, 0) is 51.4 Å². The molecular weight excluding hydrogens is 803 g/mol. The predicted octanol–water partition coefficient (Wildman–Crippen LogP) is 14.7. The molecule has 2 unspecified atom stereocenters. The van der Waals surface area contributed by atoms with Gasteiger partial charge >= 0.3 is 17.9 Å². The summed E-state index contributed by atoms with van der Waals surface area (Å²) < 4.78 is 22.7. The maximum Gasteiger partial charge on any atom is 0.361 e. The fraction of sp³-hybridized carbons (Fsp3) is 0.800. The monoisotopic (exact) mass is 903 g/mol. The van der Waals surface area contributed by atoms with E-state index >= 15 is 0 Å². The molecule has 1 N–H and O–H groups in total. The van der Waals surface area contributed by atoms with E-state index in [1.165, 1.54) is 135 Å². The number of carbonyl (C=O) groups is 3. The van der Waals surface area contributed by atoms with Crippen molar-refractivity contribution in [3.05, 3.63) is 48.6 Å². The number of rotatable bonds is 48. The third-order valence-corrected chi connectivity index (χ3v) is 11.3. The molecule has 0 aliphatic carbocycles. The van der Waals surface area contributed by atoms with Gasteiger partial charge in [0.25, 0.3) is 6.29 Å². The summed E-state index contributed by atoms with van der Waals surface area (Å²) in [4.78, 5) is 37.1. The van der Waals surface area contributed by atoms with Crippen molar-refractivity contribution in [1.82, 2.24) is 0 Å². The number of nitrogens with zero attached hydrogens (tertiary/aromatic N) is 1. The number of hydrogen-bond donors (Lipinski definition) is 1. The molecule has 2 atom stereocenters. The van der Waals surface area contributed by atoms with Crippen LogP contribution in [0.2, 0.25) is 0 Å². The number of aliphatic carboxylic acids is 1. The van der Waals surface area contributed by atoms with Crippen LogP contribution in [0.5, 0.6) is 0 Å². The standard InChI is InChI=1S/C55H99NO8/c1-6-8-10-12-14-16-17-18-19-20-21-22-23-24-25-26-27-28-29-30-31-32-33-34-35-36-37-38-40-42-44-46-53(58)64-51(50-63-55(54(59)60)61-48-47-56(3,4)5)49-62-52(57)45-43-41-39-15-13-11-9-7-2/h8,10,14,16,18-19,21-22,51,55H,6-7,9,11-13,15,17,20,23-50H2,1-5H3/p+1/b10-8-,16-14-,19-18-,22-21-. The maximum absolute atomic E-state index is 12.8. The van der Waals surface area contributed by atoms with Gasteiger partial charge in [-0.2, -0.15) is 0 Å². The fourth-order valence-corrected chi connectivity index (χ4v) is 7.30. The Morgan fingerprint density at radius 1 is 0.484 bits per heavy atom. The third kappa shape index (κ3) is 47.2. The number of quaternary nitrogens is 1. The van der Waals surface area contributed by atoms with E-state index in [0.29, 0.717) is 17.4 Å². The highest BCUT2D eigenvalue weighted by molar-refractivity contribution is 5.71. The van der Waals surface area contributed by atoms with Crippen molar-refractivity contribution in [1.29, 1.82) is 0 Å². The second kappa shape index (κ2) is 46.8. The molecular formula is C55H100NO8+. The van der Waals surface area contributed by atoms with Crippen molar-refractivity contribution in [2.24, 2.45) is 0 Å². The van der Waals surface area contributed by atoms with Crippen molar-refractivity contribution < 1.29 is 42.9 Å². The van der Waals surface area contributed by atoms with Gasteiger partial charge in [0, 0.05) is 12.8 Å². The highest BCUT2D eigenvalue weighted by Crippen LogP contribution is 2.16. The van der Waals surface area contributed by atoms with Crippen molar-refractivity contribution >= 4 is 17.9 Å². The summed E-state index contributed by atoms with van der Waals surface area (Å²) in [6.07, 6.45) is 53.5. The predicted molar refractivity (Wildman–Crippen MR) is 267 cm³/mol. The molecule has 0 fully saturated rings. The number of unbranched alkanes of at least 4 members (excludes halogenated alkanes) is 25. The van der Waals surface area contributed by atoms with E-state index in [1.807, 2.05) is 21.1 Å². The van der Waals surface area contributed by atoms with Crippen molar-refractivity contribution in [3.8, 4) is 0 Å². The summed E-state index contributed by atoms with van der Waals surface area (Å²) >= 11 is 0. The Hall–Kier alpha value is -2.75. The summed E-state index contributed by atoms with van der Waals surface area (Å²) in [5, 5.41) is 9.64. The van der Waals surface area contributed by atoms with E-state index in [-0.39, 0.29) is 32.2 Å². The van der Waals surface area contributed by atoms with Crippen LogP contribution in [-0.2, 0) is 33.3 Å². The van der Waals surface area contributed by atoms with Gasteiger partial charge in [0.2, 0.25) is 0 Å². The number of allylic oxidation sites excluding steroid dienone is 8. The number of carboxylic acids is 1. The molecule has 9 nitrogen and oxygen atoms in total. The largest absolute Gasteiger partial charge is 0.477 e. The summed E-state index contributed by atoms with van der Waals surface area (Å²) in [6.45, 7) is 4.74. The first-order valence-corrected chi connectivity index (χ1v) is 26.3. The lowest BCUT2D eigenvalue weighted by atomic mass is 10.0. The topological polar surface area (TPSA) is 108 Å². The molecule has 0 aliphatic heterocycles. The van der Waals surface area contributed by atoms with Crippen LogP contribution >= 0.6 is 0 Å². The molecule has 0 heterocycles. The zero-order chi connectivity index (χ0) is 47.0. The number of hydrogen-bond acceptors (Lipinski definition) is 7. The van der Waals surface area contributed by atoms with Gasteiger partial charge in [-0.3, -0.25) is 9.59 Å². The lowest BCUT2D eigenvalue weighted by molar-refractivity contribution is -0.870. The Labute approximate surface area is 393 Å². The van der Waals surface area contributed by atoms with Crippen molar-refractivity contribution in [2.45, 2.75) is 238 Å². The Balaban J connectivity index is 4.03. The molecule has 0 aromatic heterocycles. The molecule has 0 rings (SSSR count). The Morgan fingerprint density at radius 2 is 0.891 bits per heavy atom. The molecule has 0 saturated carbocycles. The maximum atomic E-state index is 12.8. The normalized spacial score (nSPS) is 13.2. The summed E-state index contributed by atoms with van der Waals surface area (Å²) in [6, 6.07) is 0. The molecule has 0 radical (unpaired) electrons. The van der Waals surface area contributed by atoms with Gasteiger partial charge in [0.1, 0.15) is 13.2 Å².